The molecule has 0 atom stereocenters. The van der Waals surface area contributed by atoms with E-state index in [1.54, 1.807) is 0 Å². The summed E-state index contributed by atoms with van der Waals surface area (Å²) < 4.78 is -0.0913. The SMILES string of the molecule is c1ccc(C2=C(c3ccccc3)CC(c3ccccc3)(c3ccccc3)SC2)cc1. The zero-order chi connectivity index (χ0) is 20.2. The Morgan fingerprint density at radius 1 is 0.467 bits per heavy atom. The summed E-state index contributed by atoms with van der Waals surface area (Å²) >= 11 is 2.06. The molecule has 4 aromatic rings. The van der Waals surface area contributed by atoms with Crippen molar-refractivity contribution >= 4 is 22.9 Å². The van der Waals surface area contributed by atoms with Crippen molar-refractivity contribution < 1.29 is 0 Å². The van der Waals surface area contributed by atoms with Crippen LogP contribution >= 0.6 is 11.8 Å². The van der Waals surface area contributed by atoms with Crippen molar-refractivity contribution in [1.29, 1.82) is 0 Å². The Balaban J connectivity index is 1.72. The van der Waals surface area contributed by atoms with Gasteiger partial charge < -0.3 is 0 Å². The normalized spacial score (nSPS) is 15.7. The molecule has 0 saturated heterocycles. The summed E-state index contributed by atoms with van der Waals surface area (Å²) in [5.41, 5.74) is 8.32. The lowest BCUT2D eigenvalue weighted by atomic mass is 9.80. The van der Waals surface area contributed by atoms with Gasteiger partial charge in [-0.2, -0.15) is 0 Å². The Kier molecular flexibility index (Phi) is 5.29. The third-order valence-electron chi connectivity index (χ3n) is 5.98. The van der Waals surface area contributed by atoms with E-state index in [4.69, 9.17) is 0 Å². The maximum atomic E-state index is 2.29. The topological polar surface area (TPSA) is 0 Å². The first-order valence-corrected chi connectivity index (χ1v) is 11.4. The molecule has 0 N–H and O–H groups in total. The second-order valence-corrected chi connectivity index (χ2v) is 8.99. The van der Waals surface area contributed by atoms with E-state index in [2.05, 4.69) is 133 Å². The van der Waals surface area contributed by atoms with Crippen molar-refractivity contribution in [3.05, 3.63) is 144 Å². The van der Waals surface area contributed by atoms with Crippen LogP contribution in [-0.4, -0.2) is 5.75 Å². The molecule has 0 fully saturated rings. The zero-order valence-corrected chi connectivity index (χ0v) is 17.7. The highest BCUT2D eigenvalue weighted by Crippen LogP contribution is 2.55. The molecular weight excluding hydrogens is 380 g/mol. The maximum Gasteiger partial charge on any atom is 0.0700 e. The van der Waals surface area contributed by atoms with Gasteiger partial charge in [-0.25, -0.2) is 0 Å². The molecule has 30 heavy (non-hydrogen) atoms. The Morgan fingerprint density at radius 3 is 1.33 bits per heavy atom. The van der Waals surface area contributed by atoms with Gasteiger partial charge in [0.2, 0.25) is 0 Å². The van der Waals surface area contributed by atoms with E-state index >= 15 is 0 Å². The Morgan fingerprint density at radius 2 is 0.867 bits per heavy atom. The molecule has 146 valence electrons. The summed E-state index contributed by atoms with van der Waals surface area (Å²) in [4.78, 5) is 0. The van der Waals surface area contributed by atoms with Gasteiger partial charge >= 0.3 is 0 Å². The van der Waals surface area contributed by atoms with Crippen molar-refractivity contribution in [3.8, 4) is 0 Å². The fourth-order valence-electron chi connectivity index (χ4n) is 4.45. The van der Waals surface area contributed by atoms with Crippen LogP contribution in [0.15, 0.2) is 121 Å². The lowest BCUT2D eigenvalue weighted by Gasteiger charge is -2.40. The molecule has 4 aromatic carbocycles. The van der Waals surface area contributed by atoms with Gasteiger partial charge in [0, 0.05) is 5.75 Å². The summed E-state index contributed by atoms with van der Waals surface area (Å²) in [6.45, 7) is 0. The second kappa shape index (κ2) is 8.38. The number of rotatable bonds is 4. The largest absolute Gasteiger partial charge is 0.140 e. The Bertz CT molecular complexity index is 1090. The van der Waals surface area contributed by atoms with Gasteiger partial charge in [0.25, 0.3) is 0 Å². The van der Waals surface area contributed by atoms with E-state index in [1.165, 1.54) is 33.4 Å². The summed E-state index contributed by atoms with van der Waals surface area (Å²) in [5, 5.41) is 0. The molecule has 1 aliphatic rings. The summed E-state index contributed by atoms with van der Waals surface area (Å²) in [6.07, 6.45) is 0.972. The van der Waals surface area contributed by atoms with Gasteiger partial charge in [0.05, 0.1) is 4.75 Å². The summed E-state index contributed by atoms with van der Waals surface area (Å²) in [5.74, 6) is 0.984. The quantitative estimate of drug-likeness (QED) is 0.336. The standard InChI is InChI=1S/C29H24S/c1-5-13-23(14-6-1)27-21-29(25-17-9-3-10-18-25,26-19-11-4-12-20-26)30-22-28(27)24-15-7-2-8-16-24/h1-20H,21-22H2. The van der Waals surface area contributed by atoms with Crippen LogP contribution in [0.4, 0.5) is 0 Å². The molecule has 1 heteroatoms. The lowest BCUT2D eigenvalue weighted by molar-refractivity contribution is 0.763. The average molecular weight is 405 g/mol. The van der Waals surface area contributed by atoms with Crippen LogP contribution in [0.2, 0.25) is 0 Å². The van der Waals surface area contributed by atoms with Gasteiger partial charge in [0.15, 0.2) is 0 Å². The smallest absolute Gasteiger partial charge is 0.0700 e. The van der Waals surface area contributed by atoms with Gasteiger partial charge in [-0.1, -0.05) is 121 Å². The zero-order valence-electron chi connectivity index (χ0n) is 16.9. The molecule has 0 unspecified atom stereocenters. The number of hydrogen-bond acceptors (Lipinski definition) is 1. The van der Waals surface area contributed by atoms with Crippen LogP contribution in [0.5, 0.6) is 0 Å². The number of hydrogen-bond donors (Lipinski definition) is 0. The van der Waals surface area contributed by atoms with Crippen molar-refractivity contribution in [2.75, 3.05) is 5.75 Å². The Hall–Kier alpha value is -3.03. The highest BCUT2D eigenvalue weighted by atomic mass is 32.2. The molecule has 1 aliphatic heterocycles. The molecular formula is C29H24S. The van der Waals surface area contributed by atoms with E-state index < -0.39 is 0 Å². The van der Waals surface area contributed by atoms with Crippen LogP contribution in [0.3, 0.4) is 0 Å². The number of benzene rings is 4. The monoisotopic (exact) mass is 404 g/mol. The number of thioether (sulfide) groups is 1. The molecule has 0 amide bonds. The first-order valence-electron chi connectivity index (χ1n) is 10.4. The molecule has 0 radical (unpaired) electrons. The van der Waals surface area contributed by atoms with Crippen LogP contribution in [-0.2, 0) is 4.75 Å². The second-order valence-electron chi connectivity index (χ2n) is 7.71. The lowest BCUT2D eigenvalue weighted by Crippen LogP contribution is -2.28. The van der Waals surface area contributed by atoms with E-state index in [0.717, 1.165) is 12.2 Å². The minimum absolute atomic E-state index is 0.0913. The molecule has 0 aliphatic carbocycles. The summed E-state index contributed by atoms with van der Waals surface area (Å²) in [6, 6.07) is 43.8. The minimum Gasteiger partial charge on any atom is -0.140 e. The van der Waals surface area contributed by atoms with Crippen LogP contribution in [0, 0.1) is 0 Å². The third kappa shape index (κ3) is 3.51. The van der Waals surface area contributed by atoms with Gasteiger partial charge in [0.1, 0.15) is 0 Å². The van der Waals surface area contributed by atoms with Crippen molar-refractivity contribution in [1.82, 2.24) is 0 Å². The fourth-order valence-corrected chi connectivity index (χ4v) is 6.04. The Labute approximate surface area is 183 Å². The maximum absolute atomic E-state index is 2.29. The third-order valence-corrected chi connectivity index (χ3v) is 7.52. The van der Waals surface area contributed by atoms with Crippen LogP contribution < -0.4 is 0 Å². The number of allylic oxidation sites excluding steroid dienone is 1. The van der Waals surface area contributed by atoms with Crippen LogP contribution in [0.1, 0.15) is 28.7 Å². The van der Waals surface area contributed by atoms with Crippen LogP contribution in [0.25, 0.3) is 11.1 Å². The predicted molar refractivity (Wildman–Crippen MR) is 130 cm³/mol. The van der Waals surface area contributed by atoms with E-state index in [1.807, 2.05) is 0 Å². The van der Waals surface area contributed by atoms with Gasteiger partial charge in [-0.15, -0.1) is 11.8 Å². The minimum atomic E-state index is -0.0913. The first kappa shape index (κ1) is 19.0. The van der Waals surface area contributed by atoms with Gasteiger partial charge in [-0.05, 0) is 39.8 Å². The van der Waals surface area contributed by atoms with Gasteiger partial charge in [-0.3, -0.25) is 0 Å². The molecule has 0 spiro atoms. The molecule has 5 rings (SSSR count). The predicted octanol–water partition coefficient (Wildman–Crippen LogP) is 7.68. The molecule has 0 bridgehead atoms. The van der Waals surface area contributed by atoms with Crippen molar-refractivity contribution in [3.63, 3.8) is 0 Å². The van der Waals surface area contributed by atoms with Crippen molar-refractivity contribution in [2.24, 2.45) is 0 Å². The highest BCUT2D eigenvalue weighted by molar-refractivity contribution is 8.01. The first-order chi connectivity index (χ1) is 14.9. The van der Waals surface area contributed by atoms with E-state index in [9.17, 15) is 0 Å². The molecule has 1 heterocycles. The molecule has 0 aromatic heterocycles. The van der Waals surface area contributed by atoms with Crippen molar-refractivity contribution in [2.45, 2.75) is 11.2 Å². The van der Waals surface area contributed by atoms with E-state index in [0.29, 0.717) is 0 Å². The molecule has 0 saturated carbocycles. The fraction of sp³-hybridized carbons (Fsp3) is 0.103. The average Bonchev–Trinajstić information content (AvgIpc) is 2.86. The molecule has 0 nitrogen and oxygen atoms in total. The van der Waals surface area contributed by atoms with E-state index in [-0.39, 0.29) is 4.75 Å². The highest BCUT2D eigenvalue weighted by Gasteiger charge is 2.40. The summed E-state index contributed by atoms with van der Waals surface area (Å²) in [7, 11) is 0.